The number of rotatable bonds is 7. The number of hydrazone groups is 1. The van der Waals surface area contributed by atoms with Gasteiger partial charge in [0.05, 0.1) is 12.2 Å². The summed E-state index contributed by atoms with van der Waals surface area (Å²) in [5, 5.41) is 14.2. The number of hydrogen-bond acceptors (Lipinski definition) is 6. The average Bonchev–Trinajstić information content (AvgIpc) is 2.79. The Morgan fingerprint density at radius 1 is 1.24 bits per heavy atom. The van der Waals surface area contributed by atoms with Gasteiger partial charge in [0.1, 0.15) is 18.9 Å². The normalized spacial score (nSPS) is 15.0. The quantitative estimate of drug-likeness (QED) is 0.537. The predicted molar refractivity (Wildman–Crippen MR) is 87.7 cm³/mol. The lowest BCUT2D eigenvalue weighted by Gasteiger charge is -2.18. The highest BCUT2D eigenvalue weighted by Crippen LogP contribution is 2.11. The van der Waals surface area contributed by atoms with Crippen LogP contribution < -0.4 is 15.3 Å². The zero-order valence-corrected chi connectivity index (χ0v) is 13.8. The van der Waals surface area contributed by atoms with E-state index in [4.69, 9.17) is 4.74 Å². The van der Waals surface area contributed by atoms with Gasteiger partial charge in [0.15, 0.2) is 0 Å². The lowest BCUT2D eigenvalue weighted by Crippen LogP contribution is -2.39. The third kappa shape index (κ3) is 6.62. The van der Waals surface area contributed by atoms with Gasteiger partial charge in [0.25, 0.3) is 5.91 Å². The number of likely N-dealkylation sites (tertiary alicyclic amines) is 1. The molecule has 25 heavy (non-hydrogen) atoms. The maximum Gasteiger partial charge on any atom is 0.259 e. The summed E-state index contributed by atoms with van der Waals surface area (Å²) in [6.07, 6.45) is 4.73. The van der Waals surface area contributed by atoms with Gasteiger partial charge >= 0.3 is 0 Å². The van der Waals surface area contributed by atoms with Crippen molar-refractivity contribution >= 4 is 24.0 Å². The second-order valence-corrected chi connectivity index (χ2v) is 5.65. The number of aliphatic carboxylic acids is 1. The standard InChI is InChI=1S/C17H21N3O5/c21-15(11-20-9-3-1-2-4-16(20)22)19-18-10-13-5-7-14(8-6-13)25-12-17(23)24/h5-8,10H,1-4,9,11-12H2,(H,19,21)(H,23,24)/p-1/b18-10-. The molecule has 2 rings (SSSR count). The topological polar surface area (TPSA) is 111 Å². The summed E-state index contributed by atoms with van der Waals surface area (Å²) in [6.45, 7) is 0.0914. The van der Waals surface area contributed by atoms with E-state index in [-0.39, 0.29) is 18.4 Å². The molecule has 1 fully saturated rings. The number of ether oxygens (including phenoxy) is 1. The van der Waals surface area contributed by atoms with Crippen LogP contribution in [-0.4, -0.2) is 48.6 Å². The van der Waals surface area contributed by atoms with Gasteiger partial charge in [-0.25, -0.2) is 5.43 Å². The van der Waals surface area contributed by atoms with Crippen LogP contribution in [-0.2, 0) is 14.4 Å². The summed E-state index contributed by atoms with van der Waals surface area (Å²) in [5.41, 5.74) is 3.09. The van der Waals surface area contributed by atoms with E-state index < -0.39 is 12.6 Å². The Bertz CT molecular complexity index is 642. The van der Waals surface area contributed by atoms with Gasteiger partial charge in [0, 0.05) is 13.0 Å². The van der Waals surface area contributed by atoms with Crippen molar-refractivity contribution in [3.63, 3.8) is 0 Å². The summed E-state index contributed by atoms with van der Waals surface area (Å²) in [4.78, 5) is 35.6. The van der Waals surface area contributed by atoms with Crippen molar-refractivity contribution in [2.24, 2.45) is 5.10 Å². The van der Waals surface area contributed by atoms with E-state index in [1.807, 2.05) is 0 Å². The number of carbonyl (C=O) groups is 3. The van der Waals surface area contributed by atoms with Crippen molar-refractivity contribution in [1.82, 2.24) is 10.3 Å². The van der Waals surface area contributed by atoms with E-state index in [1.54, 1.807) is 29.2 Å². The molecule has 0 aliphatic carbocycles. The second-order valence-electron chi connectivity index (χ2n) is 5.65. The Morgan fingerprint density at radius 3 is 2.72 bits per heavy atom. The number of nitrogens with one attached hydrogen (secondary N) is 1. The molecule has 134 valence electrons. The first-order valence-electron chi connectivity index (χ1n) is 8.07. The number of benzene rings is 1. The highest BCUT2D eigenvalue weighted by Gasteiger charge is 2.18. The van der Waals surface area contributed by atoms with Crippen molar-refractivity contribution in [2.45, 2.75) is 25.7 Å². The molecule has 0 bridgehead atoms. The van der Waals surface area contributed by atoms with E-state index in [1.165, 1.54) is 6.21 Å². The lowest BCUT2D eigenvalue weighted by molar-refractivity contribution is -0.307. The number of nitrogens with zero attached hydrogens (tertiary/aromatic N) is 2. The van der Waals surface area contributed by atoms with Crippen LogP contribution in [0.1, 0.15) is 31.2 Å². The fourth-order valence-electron chi connectivity index (χ4n) is 2.39. The zero-order valence-electron chi connectivity index (χ0n) is 13.8. The van der Waals surface area contributed by atoms with Gasteiger partial charge in [-0.15, -0.1) is 0 Å². The average molecular weight is 346 g/mol. The molecule has 0 unspecified atom stereocenters. The van der Waals surface area contributed by atoms with Crippen LogP contribution in [0.15, 0.2) is 29.4 Å². The Labute approximate surface area is 145 Å². The first-order chi connectivity index (χ1) is 12.0. The van der Waals surface area contributed by atoms with Crippen LogP contribution >= 0.6 is 0 Å². The Balaban J connectivity index is 1.78. The molecule has 0 saturated carbocycles. The van der Waals surface area contributed by atoms with E-state index in [2.05, 4.69) is 10.5 Å². The van der Waals surface area contributed by atoms with Gasteiger partial charge in [-0.05, 0) is 42.7 Å². The van der Waals surface area contributed by atoms with E-state index in [0.717, 1.165) is 19.3 Å². The molecule has 8 heteroatoms. The molecule has 0 atom stereocenters. The van der Waals surface area contributed by atoms with Gasteiger partial charge in [-0.1, -0.05) is 6.42 Å². The van der Waals surface area contributed by atoms with E-state index in [0.29, 0.717) is 24.3 Å². The predicted octanol–water partition coefficient (Wildman–Crippen LogP) is -0.332. The molecular formula is C17H20N3O5-. The fourth-order valence-corrected chi connectivity index (χ4v) is 2.39. The largest absolute Gasteiger partial charge is 0.546 e. The third-order valence-corrected chi connectivity index (χ3v) is 3.65. The van der Waals surface area contributed by atoms with Crippen LogP contribution in [0.5, 0.6) is 5.75 Å². The Kier molecular flexibility index (Phi) is 6.94. The maximum atomic E-state index is 11.9. The highest BCUT2D eigenvalue weighted by atomic mass is 16.5. The second kappa shape index (κ2) is 9.41. The summed E-state index contributed by atoms with van der Waals surface area (Å²) in [7, 11) is 0. The van der Waals surface area contributed by atoms with Crippen molar-refractivity contribution in [2.75, 3.05) is 19.7 Å². The van der Waals surface area contributed by atoms with Crippen LogP contribution in [0.4, 0.5) is 0 Å². The summed E-state index contributed by atoms with van der Waals surface area (Å²) >= 11 is 0. The van der Waals surface area contributed by atoms with E-state index in [9.17, 15) is 19.5 Å². The molecule has 8 nitrogen and oxygen atoms in total. The van der Waals surface area contributed by atoms with Gasteiger partial charge in [-0.2, -0.15) is 5.10 Å². The summed E-state index contributed by atoms with van der Waals surface area (Å²) in [5.74, 6) is -1.24. The van der Waals surface area contributed by atoms with Crippen LogP contribution in [0, 0.1) is 0 Å². The smallest absolute Gasteiger partial charge is 0.259 e. The molecular weight excluding hydrogens is 326 g/mol. The molecule has 2 amide bonds. The van der Waals surface area contributed by atoms with Crippen molar-refractivity contribution in [3.8, 4) is 5.75 Å². The number of amides is 2. The molecule has 1 aliphatic rings. The minimum Gasteiger partial charge on any atom is -0.546 e. The van der Waals surface area contributed by atoms with Crippen molar-refractivity contribution in [3.05, 3.63) is 29.8 Å². The fraction of sp³-hybridized carbons (Fsp3) is 0.412. The first-order valence-corrected chi connectivity index (χ1v) is 8.07. The van der Waals surface area contributed by atoms with Crippen LogP contribution in [0.2, 0.25) is 0 Å². The SMILES string of the molecule is O=C([O-])COc1ccc(/C=N\NC(=O)CN2CCCCCC2=O)cc1. The monoisotopic (exact) mass is 346 g/mol. The van der Waals surface area contributed by atoms with Crippen LogP contribution in [0.3, 0.4) is 0 Å². The van der Waals surface area contributed by atoms with Crippen LogP contribution in [0.25, 0.3) is 0 Å². The van der Waals surface area contributed by atoms with Crippen molar-refractivity contribution in [1.29, 1.82) is 0 Å². The first kappa shape index (κ1) is 18.4. The van der Waals surface area contributed by atoms with Gasteiger partial charge < -0.3 is 19.5 Å². The molecule has 1 aromatic rings. The molecule has 1 N–H and O–H groups in total. The Hall–Kier alpha value is -2.90. The number of carbonyl (C=O) groups excluding carboxylic acids is 3. The van der Waals surface area contributed by atoms with E-state index >= 15 is 0 Å². The molecule has 1 saturated heterocycles. The molecule has 1 aromatic carbocycles. The summed E-state index contributed by atoms with van der Waals surface area (Å²) in [6, 6.07) is 6.50. The number of carboxylic acids is 1. The Morgan fingerprint density at radius 2 is 2.00 bits per heavy atom. The molecule has 1 aliphatic heterocycles. The number of hydrogen-bond donors (Lipinski definition) is 1. The minimum atomic E-state index is -1.30. The van der Waals surface area contributed by atoms with Crippen molar-refractivity contribution < 1.29 is 24.2 Å². The molecule has 0 spiro atoms. The third-order valence-electron chi connectivity index (χ3n) is 3.65. The molecule has 0 radical (unpaired) electrons. The minimum absolute atomic E-state index is 0.00350. The van der Waals surface area contributed by atoms with Gasteiger partial charge in [-0.3, -0.25) is 9.59 Å². The van der Waals surface area contributed by atoms with Gasteiger partial charge in [0.2, 0.25) is 5.91 Å². The number of carboxylic acid groups (broad SMARTS) is 1. The zero-order chi connectivity index (χ0) is 18.1. The molecule has 1 heterocycles. The lowest BCUT2D eigenvalue weighted by atomic mass is 10.2. The maximum absolute atomic E-state index is 11.9. The molecule has 0 aromatic heterocycles. The highest BCUT2D eigenvalue weighted by molar-refractivity contribution is 5.86. The summed E-state index contributed by atoms with van der Waals surface area (Å²) < 4.78 is 4.96.